The van der Waals surface area contributed by atoms with E-state index in [1.165, 1.54) is 0 Å². The second-order valence-electron chi connectivity index (χ2n) is 4.53. The molecule has 1 atom stereocenters. The molecule has 0 amide bonds. The second kappa shape index (κ2) is 8.59. The van der Waals surface area contributed by atoms with Crippen molar-refractivity contribution in [3.8, 4) is 11.5 Å². The lowest BCUT2D eigenvalue weighted by Crippen LogP contribution is -2.02. The van der Waals surface area contributed by atoms with Crippen molar-refractivity contribution in [2.45, 2.75) is 38.2 Å². The standard InChI is InChI=1S/C16H24O3/c1-4-5-6-7-8-11-14(17)13-10-9-12-15(18-2)16(13)19-3/h4,9-10,12,14,17H,1,5-8,11H2,2-3H3. The Bertz CT molecular complexity index is 388. The van der Waals surface area contributed by atoms with E-state index in [4.69, 9.17) is 9.47 Å². The summed E-state index contributed by atoms with van der Waals surface area (Å²) >= 11 is 0. The number of aliphatic hydroxyl groups is 1. The second-order valence-corrected chi connectivity index (χ2v) is 4.53. The van der Waals surface area contributed by atoms with Crippen LogP contribution in [-0.4, -0.2) is 19.3 Å². The van der Waals surface area contributed by atoms with Crippen LogP contribution in [0.4, 0.5) is 0 Å². The zero-order valence-electron chi connectivity index (χ0n) is 11.9. The SMILES string of the molecule is C=CCCCCCC(O)c1cccc(OC)c1OC. The third-order valence-electron chi connectivity index (χ3n) is 3.18. The number of unbranched alkanes of at least 4 members (excludes halogenated alkanes) is 3. The van der Waals surface area contributed by atoms with Crippen LogP contribution in [0.3, 0.4) is 0 Å². The fourth-order valence-electron chi connectivity index (χ4n) is 2.13. The number of rotatable bonds is 9. The molecule has 0 fully saturated rings. The van der Waals surface area contributed by atoms with E-state index < -0.39 is 6.10 Å². The number of benzene rings is 1. The minimum atomic E-state index is -0.506. The molecule has 106 valence electrons. The average molecular weight is 264 g/mol. The zero-order valence-corrected chi connectivity index (χ0v) is 11.9. The number of aliphatic hydroxyl groups excluding tert-OH is 1. The predicted molar refractivity (Wildman–Crippen MR) is 77.8 cm³/mol. The smallest absolute Gasteiger partial charge is 0.166 e. The van der Waals surface area contributed by atoms with E-state index in [9.17, 15) is 5.11 Å². The summed E-state index contributed by atoms with van der Waals surface area (Å²) in [5, 5.41) is 10.3. The van der Waals surface area contributed by atoms with Crippen LogP contribution in [-0.2, 0) is 0 Å². The number of hydrogen-bond donors (Lipinski definition) is 1. The maximum Gasteiger partial charge on any atom is 0.166 e. The molecule has 0 saturated carbocycles. The zero-order chi connectivity index (χ0) is 14.1. The van der Waals surface area contributed by atoms with Gasteiger partial charge in [0.2, 0.25) is 0 Å². The van der Waals surface area contributed by atoms with E-state index >= 15 is 0 Å². The quantitative estimate of drug-likeness (QED) is 0.543. The van der Waals surface area contributed by atoms with Gasteiger partial charge >= 0.3 is 0 Å². The highest BCUT2D eigenvalue weighted by molar-refractivity contribution is 5.47. The predicted octanol–water partition coefficient (Wildman–Crippen LogP) is 3.87. The van der Waals surface area contributed by atoms with E-state index in [0.29, 0.717) is 11.5 Å². The highest BCUT2D eigenvalue weighted by Crippen LogP contribution is 2.36. The molecule has 0 saturated heterocycles. The van der Waals surface area contributed by atoms with Gasteiger partial charge in [0.15, 0.2) is 11.5 Å². The summed E-state index contributed by atoms with van der Waals surface area (Å²) < 4.78 is 10.6. The molecular weight excluding hydrogens is 240 g/mol. The molecule has 3 nitrogen and oxygen atoms in total. The van der Waals surface area contributed by atoms with Gasteiger partial charge in [-0.25, -0.2) is 0 Å². The highest BCUT2D eigenvalue weighted by Gasteiger charge is 2.16. The fourth-order valence-corrected chi connectivity index (χ4v) is 2.13. The number of hydrogen-bond acceptors (Lipinski definition) is 3. The van der Waals surface area contributed by atoms with E-state index in [-0.39, 0.29) is 0 Å². The van der Waals surface area contributed by atoms with Gasteiger partial charge in [-0.05, 0) is 25.3 Å². The summed E-state index contributed by atoms with van der Waals surface area (Å²) in [7, 11) is 3.20. The van der Waals surface area contributed by atoms with Crippen LogP contribution in [0.2, 0.25) is 0 Å². The third-order valence-corrected chi connectivity index (χ3v) is 3.18. The van der Waals surface area contributed by atoms with Crippen LogP contribution < -0.4 is 9.47 Å². The Morgan fingerprint density at radius 1 is 1.21 bits per heavy atom. The Morgan fingerprint density at radius 2 is 2.00 bits per heavy atom. The van der Waals surface area contributed by atoms with Crippen molar-refractivity contribution in [1.29, 1.82) is 0 Å². The molecule has 0 spiro atoms. The number of ether oxygens (including phenoxy) is 2. The van der Waals surface area contributed by atoms with E-state index in [2.05, 4.69) is 6.58 Å². The Kier molecular flexibility index (Phi) is 7.04. The monoisotopic (exact) mass is 264 g/mol. The Hall–Kier alpha value is -1.48. The Balaban J connectivity index is 2.60. The van der Waals surface area contributed by atoms with Crippen LogP contribution in [0.15, 0.2) is 30.9 Å². The normalized spacial score (nSPS) is 11.9. The molecule has 1 rings (SSSR count). The molecule has 19 heavy (non-hydrogen) atoms. The average Bonchev–Trinajstić information content (AvgIpc) is 2.45. The Labute approximate surface area is 115 Å². The topological polar surface area (TPSA) is 38.7 Å². The molecule has 3 heteroatoms. The lowest BCUT2D eigenvalue weighted by Gasteiger charge is -2.17. The molecule has 1 aromatic carbocycles. The fraction of sp³-hybridized carbons (Fsp3) is 0.500. The molecule has 0 bridgehead atoms. The summed E-state index contributed by atoms with van der Waals surface area (Å²) in [5.41, 5.74) is 0.797. The third kappa shape index (κ3) is 4.60. The molecule has 1 aromatic rings. The van der Waals surface area contributed by atoms with Gasteiger partial charge in [0.1, 0.15) is 0 Å². The maximum atomic E-state index is 10.3. The molecule has 1 unspecified atom stereocenters. The van der Waals surface area contributed by atoms with Crippen molar-refractivity contribution in [1.82, 2.24) is 0 Å². The summed E-state index contributed by atoms with van der Waals surface area (Å²) in [6.07, 6.45) is 6.44. The van der Waals surface area contributed by atoms with Gasteiger partial charge in [0.05, 0.1) is 20.3 Å². The number of allylic oxidation sites excluding steroid dienone is 1. The molecule has 0 heterocycles. The first kappa shape index (κ1) is 15.6. The molecule has 0 aliphatic heterocycles. The largest absolute Gasteiger partial charge is 0.493 e. The van der Waals surface area contributed by atoms with Gasteiger partial charge in [-0.1, -0.05) is 31.1 Å². The number of methoxy groups -OCH3 is 2. The van der Waals surface area contributed by atoms with Crippen molar-refractivity contribution in [3.63, 3.8) is 0 Å². The lowest BCUT2D eigenvalue weighted by atomic mass is 10.0. The van der Waals surface area contributed by atoms with Gasteiger partial charge in [-0.3, -0.25) is 0 Å². The van der Waals surface area contributed by atoms with Crippen molar-refractivity contribution in [2.24, 2.45) is 0 Å². The molecule has 0 radical (unpaired) electrons. The van der Waals surface area contributed by atoms with Crippen molar-refractivity contribution >= 4 is 0 Å². The first-order chi connectivity index (χ1) is 9.24. The first-order valence-electron chi connectivity index (χ1n) is 6.74. The van der Waals surface area contributed by atoms with Crippen LogP contribution >= 0.6 is 0 Å². The van der Waals surface area contributed by atoms with E-state index in [0.717, 1.165) is 37.7 Å². The van der Waals surface area contributed by atoms with Gasteiger partial charge in [-0.2, -0.15) is 0 Å². The van der Waals surface area contributed by atoms with Gasteiger partial charge in [0.25, 0.3) is 0 Å². The first-order valence-corrected chi connectivity index (χ1v) is 6.74. The van der Waals surface area contributed by atoms with Gasteiger partial charge in [0, 0.05) is 5.56 Å². The summed E-state index contributed by atoms with van der Waals surface area (Å²) in [6, 6.07) is 5.59. The van der Waals surface area contributed by atoms with E-state index in [1.54, 1.807) is 14.2 Å². The summed E-state index contributed by atoms with van der Waals surface area (Å²) in [5.74, 6) is 1.29. The molecule has 0 aromatic heterocycles. The van der Waals surface area contributed by atoms with Crippen molar-refractivity contribution in [3.05, 3.63) is 36.4 Å². The molecule has 1 N–H and O–H groups in total. The molecule has 0 aliphatic carbocycles. The van der Waals surface area contributed by atoms with E-state index in [1.807, 2.05) is 24.3 Å². The summed E-state index contributed by atoms with van der Waals surface area (Å²) in [4.78, 5) is 0. The van der Waals surface area contributed by atoms with Crippen molar-refractivity contribution < 1.29 is 14.6 Å². The van der Waals surface area contributed by atoms with Crippen LogP contribution in [0.1, 0.15) is 43.8 Å². The summed E-state index contributed by atoms with van der Waals surface area (Å²) in [6.45, 7) is 3.70. The van der Waals surface area contributed by atoms with Crippen LogP contribution in [0, 0.1) is 0 Å². The highest BCUT2D eigenvalue weighted by atomic mass is 16.5. The van der Waals surface area contributed by atoms with Crippen LogP contribution in [0.5, 0.6) is 11.5 Å². The molecular formula is C16H24O3. The van der Waals surface area contributed by atoms with Gasteiger partial charge in [-0.15, -0.1) is 6.58 Å². The van der Waals surface area contributed by atoms with Gasteiger partial charge < -0.3 is 14.6 Å². The minimum Gasteiger partial charge on any atom is -0.493 e. The van der Waals surface area contributed by atoms with Crippen LogP contribution in [0.25, 0.3) is 0 Å². The minimum absolute atomic E-state index is 0.506. The maximum absolute atomic E-state index is 10.3. The number of para-hydroxylation sites is 1. The van der Waals surface area contributed by atoms with Crippen molar-refractivity contribution in [2.75, 3.05) is 14.2 Å². The Morgan fingerprint density at radius 3 is 2.63 bits per heavy atom. The molecule has 0 aliphatic rings. The lowest BCUT2D eigenvalue weighted by molar-refractivity contribution is 0.158.